The van der Waals surface area contributed by atoms with Crippen molar-refractivity contribution in [1.82, 2.24) is 15.1 Å². The van der Waals surface area contributed by atoms with Crippen LogP contribution in [0.25, 0.3) is 0 Å². The lowest BCUT2D eigenvalue weighted by Gasteiger charge is -2.36. The number of fused-ring (bicyclic) bond motifs is 1. The van der Waals surface area contributed by atoms with Crippen molar-refractivity contribution in [3.63, 3.8) is 0 Å². The highest BCUT2D eigenvalue weighted by molar-refractivity contribution is 5.75. The molecule has 1 aliphatic carbocycles. The van der Waals surface area contributed by atoms with Gasteiger partial charge >= 0.3 is 12.0 Å². The Morgan fingerprint density at radius 3 is 2.78 bits per heavy atom. The number of urea groups is 1. The molecule has 2 N–H and O–H groups in total. The quantitative estimate of drug-likeness (QED) is 0.823. The van der Waals surface area contributed by atoms with E-state index in [0.717, 1.165) is 12.8 Å². The molecule has 1 heterocycles. The summed E-state index contributed by atoms with van der Waals surface area (Å²) in [5.41, 5.74) is 2.54. The summed E-state index contributed by atoms with van der Waals surface area (Å²) in [4.78, 5) is 27.1. The van der Waals surface area contributed by atoms with Crippen LogP contribution < -0.4 is 5.32 Å². The van der Waals surface area contributed by atoms with Crippen LogP contribution in [0, 0.1) is 0 Å². The molecule has 0 radical (unpaired) electrons. The van der Waals surface area contributed by atoms with Crippen molar-refractivity contribution in [3.8, 4) is 0 Å². The van der Waals surface area contributed by atoms with Crippen molar-refractivity contribution < 1.29 is 19.4 Å². The number of hydrogen-bond acceptors (Lipinski definition) is 4. The third kappa shape index (κ3) is 4.99. The Morgan fingerprint density at radius 1 is 1.30 bits per heavy atom. The summed E-state index contributed by atoms with van der Waals surface area (Å²) >= 11 is 0. The summed E-state index contributed by atoms with van der Waals surface area (Å²) in [5, 5.41) is 12.1. The van der Waals surface area contributed by atoms with Crippen LogP contribution in [0.15, 0.2) is 24.3 Å². The first kappa shape index (κ1) is 19.6. The molecule has 3 unspecified atom stereocenters. The number of carboxylic acid groups (broad SMARTS) is 1. The minimum absolute atomic E-state index is 0.0386. The second kappa shape index (κ2) is 8.71. The second-order valence-corrected chi connectivity index (χ2v) is 7.64. The number of likely N-dealkylation sites (N-methyl/N-ethyl adjacent to an activating group) is 1. The van der Waals surface area contributed by atoms with Gasteiger partial charge in [-0.1, -0.05) is 31.2 Å². The van der Waals surface area contributed by atoms with E-state index >= 15 is 0 Å². The fraction of sp³-hybridized carbons (Fsp3) is 0.600. The van der Waals surface area contributed by atoms with E-state index in [1.807, 2.05) is 6.07 Å². The first-order valence-corrected chi connectivity index (χ1v) is 9.60. The van der Waals surface area contributed by atoms with Crippen LogP contribution in [0.4, 0.5) is 4.79 Å². The summed E-state index contributed by atoms with van der Waals surface area (Å²) in [7, 11) is 1.75. The highest BCUT2D eigenvalue weighted by Crippen LogP contribution is 2.37. The predicted molar refractivity (Wildman–Crippen MR) is 102 cm³/mol. The van der Waals surface area contributed by atoms with E-state index in [1.54, 1.807) is 16.8 Å². The van der Waals surface area contributed by atoms with Gasteiger partial charge in [-0.05, 0) is 36.9 Å². The Morgan fingerprint density at radius 2 is 2.04 bits per heavy atom. The van der Waals surface area contributed by atoms with Gasteiger partial charge in [0.2, 0.25) is 0 Å². The number of amides is 2. The molecule has 0 bridgehead atoms. The van der Waals surface area contributed by atoms with Crippen LogP contribution in [0.5, 0.6) is 0 Å². The maximum Gasteiger partial charge on any atom is 0.318 e. The van der Waals surface area contributed by atoms with E-state index in [-0.39, 0.29) is 24.7 Å². The molecule has 148 valence electrons. The molecule has 1 aromatic rings. The van der Waals surface area contributed by atoms with E-state index < -0.39 is 5.97 Å². The summed E-state index contributed by atoms with van der Waals surface area (Å²) < 4.78 is 5.71. The van der Waals surface area contributed by atoms with E-state index in [4.69, 9.17) is 9.84 Å². The lowest BCUT2D eigenvalue weighted by atomic mass is 9.81. The van der Waals surface area contributed by atoms with Crippen molar-refractivity contribution in [2.75, 3.05) is 39.8 Å². The number of benzene rings is 1. The van der Waals surface area contributed by atoms with Crippen LogP contribution in [0.3, 0.4) is 0 Å². The van der Waals surface area contributed by atoms with Crippen LogP contribution in [0.1, 0.15) is 42.9 Å². The maximum absolute atomic E-state index is 12.8. The van der Waals surface area contributed by atoms with Gasteiger partial charge in [-0.2, -0.15) is 0 Å². The van der Waals surface area contributed by atoms with Gasteiger partial charge in [0.05, 0.1) is 25.3 Å². The summed E-state index contributed by atoms with van der Waals surface area (Å²) in [5.74, 6) is -0.347. The van der Waals surface area contributed by atoms with Crippen molar-refractivity contribution in [2.45, 2.75) is 37.8 Å². The predicted octanol–water partition coefficient (Wildman–Crippen LogP) is 2.05. The van der Waals surface area contributed by atoms with Gasteiger partial charge in [0.15, 0.2) is 0 Å². The normalized spacial score (nSPS) is 25.1. The molecule has 0 spiro atoms. The van der Waals surface area contributed by atoms with Crippen molar-refractivity contribution in [1.29, 1.82) is 0 Å². The third-order valence-corrected chi connectivity index (χ3v) is 5.43. The number of morpholine rings is 1. The van der Waals surface area contributed by atoms with Crippen molar-refractivity contribution in [3.05, 3.63) is 35.4 Å². The minimum Gasteiger partial charge on any atom is -0.480 e. The number of nitrogens with zero attached hydrogens (tertiary/aromatic N) is 2. The molecule has 7 nitrogen and oxygen atoms in total. The van der Waals surface area contributed by atoms with Crippen molar-refractivity contribution in [2.24, 2.45) is 0 Å². The average molecular weight is 375 g/mol. The highest BCUT2D eigenvalue weighted by Gasteiger charge is 2.30. The van der Waals surface area contributed by atoms with Gasteiger partial charge in [0.1, 0.15) is 0 Å². The Hall–Kier alpha value is -2.12. The molecular formula is C20H29N3O4. The monoisotopic (exact) mass is 375 g/mol. The molecule has 0 aromatic heterocycles. The van der Waals surface area contributed by atoms with Gasteiger partial charge < -0.3 is 20.1 Å². The average Bonchev–Trinajstić information content (AvgIpc) is 2.63. The molecule has 1 aromatic carbocycles. The smallest absolute Gasteiger partial charge is 0.318 e. The van der Waals surface area contributed by atoms with Crippen LogP contribution >= 0.6 is 0 Å². The second-order valence-electron chi connectivity index (χ2n) is 7.64. The fourth-order valence-corrected chi connectivity index (χ4v) is 4.05. The Balaban J connectivity index is 1.58. The number of nitrogens with one attached hydrogen (secondary N) is 1. The zero-order valence-electron chi connectivity index (χ0n) is 16.1. The number of carboxylic acids is 1. The molecule has 2 amide bonds. The van der Waals surface area contributed by atoms with Crippen LogP contribution in [-0.2, 0) is 9.53 Å². The lowest BCUT2D eigenvalue weighted by Crippen LogP contribution is -2.53. The number of aliphatic carboxylic acids is 1. The summed E-state index contributed by atoms with van der Waals surface area (Å²) in [6, 6.07) is 8.32. The van der Waals surface area contributed by atoms with Gasteiger partial charge in [0.25, 0.3) is 0 Å². The molecule has 1 aliphatic heterocycles. The lowest BCUT2D eigenvalue weighted by molar-refractivity contribution is -0.138. The zero-order chi connectivity index (χ0) is 19.4. The van der Waals surface area contributed by atoms with Gasteiger partial charge in [-0.25, -0.2) is 4.79 Å². The Bertz CT molecular complexity index is 681. The van der Waals surface area contributed by atoms with E-state index in [2.05, 4.69) is 30.4 Å². The first-order valence-electron chi connectivity index (χ1n) is 9.60. The van der Waals surface area contributed by atoms with E-state index in [9.17, 15) is 9.59 Å². The van der Waals surface area contributed by atoms with Gasteiger partial charge in [-0.15, -0.1) is 0 Å². The van der Waals surface area contributed by atoms with Crippen molar-refractivity contribution >= 4 is 12.0 Å². The fourth-order valence-electron chi connectivity index (χ4n) is 4.05. The van der Waals surface area contributed by atoms with E-state index in [0.29, 0.717) is 32.2 Å². The summed E-state index contributed by atoms with van der Waals surface area (Å²) in [6.07, 6.45) is 1.83. The molecule has 3 rings (SSSR count). The van der Waals surface area contributed by atoms with Gasteiger partial charge in [-0.3, -0.25) is 9.69 Å². The Kier molecular flexibility index (Phi) is 6.34. The number of carbonyl (C=O) groups excluding carboxylic acids is 1. The molecular weight excluding hydrogens is 346 g/mol. The van der Waals surface area contributed by atoms with Crippen LogP contribution in [-0.4, -0.2) is 72.8 Å². The van der Waals surface area contributed by atoms with Gasteiger partial charge in [0, 0.05) is 19.6 Å². The Labute approximate surface area is 160 Å². The number of rotatable bonds is 5. The zero-order valence-corrected chi connectivity index (χ0v) is 16.1. The SMILES string of the molecule is CC1CCC(NC(=O)N2CCOC(CN(C)CC(=O)O)C2)c2ccccc21. The number of ether oxygens (including phenoxy) is 1. The minimum atomic E-state index is -0.867. The molecule has 1 saturated heterocycles. The standard InChI is InChI=1S/C20H29N3O4/c1-14-7-8-18(17-6-4-3-5-16(14)17)21-20(26)23-9-10-27-15(12-23)11-22(2)13-19(24)25/h3-6,14-15,18H,7-13H2,1-2H3,(H,21,26)(H,24,25). The molecule has 2 aliphatic rings. The number of carbonyl (C=O) groups is 2. The maximum atomic E-state index is 12.8. The molecule has 3 atom stereocenters. The summed E-state index contributed by atoms with van der Waals surface area (Å²) in [6.45, 7) is 4.17. The molecule has 1 fully saturated rings. The van der Waals surface area contributed by atoms with E-state index in [1.165, 1.54) is 11.1 Å². The molecule has 27 heavy (non-hydrogen) atoms. The van der Waals surface area contributed by atoms with Crippen LogP contribution in [0.2, 0.25) is 0 Å². The molecule has 0 saturated carbocycles. The highest BCUT2D eigenvalue weighted by atomic mass is 16.5. The third-order valence-electron chi connectivity index (χ3n) is 5.43. The topological polar surface area (TPSA) is 82.1 Å². The largest absolute Gasteiger partial charge is 0.480 e. The first-order chi connectivity index (χ1) is 12.9. The molecule has 7 heteroatoms. The number of hydrogen-bond donors (Lipinski definition) is 2.